The average Bonchev–Trinajstić information content (AvgIpc) is 2.71. The number of likely N-dealkylation sites (tertiary alicyclic amines) is 1. The van der Waals surface area contributed by atoms with Gasteiger partial charge in [-0.3, -0.25) is 0 Å². The molecule has 0 aromatic rings. The third kappa shape index (κ3) is 2.69. The minimum Gasteiger partial charge on any atom is -0.396 e. The topological polar surface area (TPSA) is 35.5 Å². The molecule has 0 radical (unpaired) electrons. The molecule has 0 amide bonds. The Morgan fingerprint density at radius 3 is 2.93 bits per heavy atom. The first-order chi connectivity index (χ1) is 6.88. The van der Waals surface area contributed by atoms with Crippen LogP contribution in [0.25, 0.3) is 0 Å². The number of nitrogens with one attached hydrogen (secondary N) is 1. The zero-order chi connectivity index (χ0) is 9.80. The molecule has 0 spiro atoms. The highest BCUT2D eigenvalue weighted by Gasteiger charge is 2.23. The summed E-state index contributed by atoms with van der Waals surface area (Å²) in [6.07, 6.45) is 5.14. The van der Waals surface area contributed by atoms with E-state index in [4.69, 9.17) is 5.11 Å². The molecule has 2 unspecified atom stereocenters. The van der Waals surface area contributed by atoms with E-state index in [-0.39, 0.29) is 0 Å². The quantitative estimate of drug-likeness (QED) is 0.691. The second-order valence-electron chi connectivity index (χ2n) is 4.74. The van der Waals surface area contributed by atoms with E-state index in [0.717, 1.165) is 6.54 Å². The van der Waals surface area contributed by atoms with E-state index in [9.17, 15) is 0 Å². The number of nitrogens with zero attached hydrogens (tertiary/aromatic N) is 1. The van der Waals surface area contributed by atoms with Crippen molar-refractivity contribution in [1.82, 2.24) is 10.2 Å². The average molecular weight is 198 g/mol. The second-order valence-corrected chi connectivity index (χ2v) is 4.74. The van der Waals surface area contributed by atoms with Crippen molar-refractivity contribution in [3.63, 3.8) is 0 Å². The van der Waals surface area contributed by atoms with Gasteiger partial charge in [-0.2, -0.15) is 0 Å². The standard InChI is InChI=1S/C11H22N2O/c14-9-10-3-2-6-13(7-10)8-11-4-1-5-12-11/h10-12,14H,1-9H2. The van der Waals surface area contributed by atoms with Crippen LogP contribution in [0.1, 0.15) is 25.7 Å². The first-order valence-corrected chi connectivity index (χ1v) is 5.95. The van der Waals surface area contributed by atoms with Crippen LogP contribution in [0.3, 0.4) is 0 Å². The lowest BCUT2D eigenvalue weighted by Crippen LogP contribution is -2.43. The summed E-state index contributed by atoms with van der Waals surface area (Å²) in [6, 6.07) is 0.715. The summed E-state index contributed by atoms with van der Waals surface area (Å²) >= 11 is 0. The summed E-state index contributed by atoms with van der Waals surface area (Å²) in [6.45, 7) is 5.09. The maximum atomic E-state index is 9.13. The summed E-state index contributed by atoms with van der Waals surface area (Å²) in [7, 11) is 0. The molecule has 0 aromatic heterocycles. The fourth-order valence-electron chi connectivity index (χ4n) is 2.69. The van der Waals surface area contributed by atoms with Crippen molar-refractivity contribution in [2.45, 2.75) is 31.7 Å². The second kappa shape index (κ2) is 5.10. The first-order valence-electron chi connectivity index (χ1n) is 5.95. The van der Waals surface area contributed by atoms with Gasteiger partial charge in [-0.1, -0.05) is 0 Å². The molecule has 2 fully saturated rings. The van der Waals surface area contributed by atoms with Gasteiger partial charge in [0.2, 0.25) is 0 Å². The van der Waals surface area contributed by atoms with E-state index in [1.165, 1.54) is 45.3 Å². The maximum absolute atomic E-state index is 9.13. The zero-order valence-electron chi connectivity index (χ0n) is 8.91. The molecule has 82 valence electrons. The van der Waals surface area contributed by atoms with Gasteiger partial charge >= 0.3 is 0 Å². The van der Waals surface area contributed by atoms with E-state index in [0.29, 0.717) is 18.6 Å². The number of hydrogen-bond acceptors (Lipinski definition) is 3. The molecule has 2 aliphatic rings. The molecule has 0 bridgehead atoms. The maximum Gasteiger partial charge on any atom is 0.0471 e. The van der Waals surface area contributed by atoms with Gasteiger partial charge in [-0.15, -0.1) is 0 Å². The van der Waals surface area contributed by atoms with Crippen LogP contribution >= 0.6 is 0 Å². The van der Waals surface area contributed by atoms with Crippen molar-refractivity contribution < 1.29 is 5.11 Å². The van der Waals surface area contributed by atoms with Crippen LogP contribution in [-0.4, -0.2) is 48.8 Å². The van der Waals surface area contributed by atoms with Crippen molar-refractivity contribution in [1.29, 1.82) is 0 Å². The van der Waals surface area contributed by atoms with Crippen molar-refractivity contribution in [3.05, 3.63) is 0 Å². The van der Waals surface area contributed by atoms with Gasteiger partial charge in [0.15, 0.2) is 0 Å². The first kappa shape index (κ1) is 10.4. The van der Waals surface area contributed by atoms with Gasteiger partial charge in [0, 0.05) is 25.7 Å². The summed E-state index contributed by atoms with van der Waals surface area (Å²) in [5.74, 6) is 0.533. The van der Waals surface area contributed by atoms with Crippen LogP contribution < -0.4 is 5.32 Å². The molecule has 0 saturated carbocycles. The van der Waals surface area contributed by atoms with Gasteiger partial charge < -0.3 is 15.3 Å². The number of piperidine rings is 1. The van der Waals surface area contributed by atoms with Gasteiger partial charge in [-0.05, 0) is 44.7 Å². The normalized spacial score (nSPS) is 34.9. The Morgan fingerprint density at radius 2 is 2.21 bits per heavy atom. The number of rotatable bonds is 3. The van der Waals surface area contributed by atoms with E-state index in [1.807, 2.05) is 0 Å². The Kier molecular flexibility index (Phi) is 3.79. The van der Waals surface area contributed by atoms with Crippen LogP contribution in [0.5, 0.6) is 0 Å². The monoisotopic (exact) mass is 198 g/mol. The molecule has 3 heteroatoms. The highest BCUT2D eigenvalue weighted by molar-refractivity contribution is 4.81. The molecule has 3 nitrogen and oxygen atoms in total. The Balaban J connectivity index is 1.73. The third-order valence-corrected chi connectivity index (χ3v) is 3.50. The summed E-state index contributed by atoms with van der Waals surface area (Å²) in [4.78, 5) is 2.52. The number of hydrogen-bond donors (Lipinski definition) is 2. The smallest absolute Gasteiger partial charge is 0.0471 e. The van der Waals surface area contributed by atoms with Gasteiger partial charge in [0.05, 0.1) is 0 Å². The van der Waals surface area contributed by atoms with Gasteiger partial charge in [0.25, 0.3) is 0 Å². The number of aliphatic hydroxyl groups is 1. The van der Waals surface area contributed by atoms with E-state index >= 15 is 0 Å². The van der Waals surface area contributed by atoms with Crippen molar-refractivity contribution >= 4 is 0 Å². The van der Waals surface area contributed by atoms with Gasteiger partial charge in [0.1, 0.15) is 0 Å². The lowest BCUT2D eigenvalue weighted by atomic mass is 9.98. The molecule has 0 aromatic carbocycles. The number of aliphatic hydroxyl groups excluding tert-OH is 1. The van der Waals surface area contributed by atoms with Crippen LogP contribution in [0.4, 0.5) is 0 Å². The predicted octanol–water partition coefficient (Wildman–Crippen LogP) is 0.443. The Labute approximate surface area is 86.5 Å². The van der Waals surface area contributed by atoms with E-state index in [2.05, 4.69) is 10.2 Å². The molecule has 2 N–H and O–H groups in total. The Morgan fingerprint density at radius 1 is 1.29 bits per heavy atom. The molecular weight excluding hydrogens is 176 g/mol. The lowest BCUT2D eigenvalue weighted by Gasteiger charge is -2.33. The van der Waals surface area contributed by atoms with E-state index in [1.54, 1.807) is 0 Å². The molecular formula is C11H22N2O. The van der Waals surface area contributed by atoms with Crippen LogP contribution in [-0.2, 0) is 0 Å². The molecule has 2 rings (SSSR count). The van der Waals surface area contributed by atoms with E-state index < -0.39 is 0 Å². The van der Waals surface area contributed by atoms with Crippen LogP contribution in [0, 0.1) is 5.92 Å². The molecule has 2 heterocycles. The van der Waals surface area contributed by atoms with Crippen molar-refractivity contribution in [2.75, 3.05) is 32.8 Å². The summed E-state index contributed by atoms with van der Waals surface area (Å²) < 4.78 is 0. The lowest BCUT2D eigenvalue weighted by molar-refractivity contribution is 0.114. The molecule has 0 aliphatic carbocycles. The zero-order valence-corrected chi connectivity index (χ0v) is 8.91. The molecule has 2 atom stereocenters. The Hall–Kier alpha value is -0.120. The summed E-state index contributed by atoms with van der Waals surface area (Å²) in [5, 5.41) is 12.7. The highest BCUT2D eigenvalue weighted by Crippen LogP contribution is 2.17. The van der Waals surface area contributed by atoms with Gasteiger partial charge in [-0.25, -0.2) is 0 Å². The predicted molar refractivity (Wildman–Crippen MR) is 57.3 cm³/mol. The van der Waals surface area contributed by atoms with Crippen LogP contribution in [0.15, 0.2) is 0 Å². The SMILES string of the molecule is OCC1CCCN(CC2CCCN2)C1. The minimum atomic E-state index is 0.370. The van der Waals surface area contributed by atoms with Crippen molar-refractivity contribution in [3.8, 4) is 0 Å². The minimum absolute atomic E-state index is 0.370. The largest absolute Gasteiger partial charge is 0.396 e. The Bertz CT molecular complexity index is 169. The third-order valence-electron chi connectivity index (χ3n) is 3.50. The molecule has 14 heavy (non-hydrogen) atoms. The van der Waals surface area contributed by atoms with Crippen molar-refractivity contribution in [2.24, 2.45) is 5.92 Å². The molecule has 2 aliphatic heterocycles. The fourth-order valence-corrected chi connectivity index (χ4v) is 2.69. The fraction of sp³-hybridized carbons (Fsp3) is 1.00. The molecule has 2 saturated heterocycles. The highest BCUT2D eigenvalue weighted by atomic mass is 16.3. The summed E-state index contributed by atoms with van der Waals surface area (Å²) in [5.41, 5.74) is 0. The van der Waals surface area contributed by atoms with Crippen LogP contribution in [0.2, 0.25) is 0 Å².